The maximum absolute atomic E-state index is 3.85. The molecule has 2 aliphatic carbocycles. The molecule has 0 aliphatic heterocycles. The van der Waals surface area contributed by atoms with E-state index in [1.54, 1.807) is 0 Å². The molecule has 0 aromatic carbocycles. The van der Waals surface area contributed by atoms with Crippen LogP contribution in [0.4, 0.5) is 0 Å². The zero-order valence-corrected chi connectivity index (χ0v) is 9.05. The molecule has 0 spiro atoms. The molecule has 0 radical (unpaired) electrons. The smallest absolute Gasteiger partial charge is 0.00978 e. The molecule has 2 saturated carbocycles. The van der Waals surface area contributed by atoms with Gasteiger partial charge in [0.05, 0.1) is 0 Å². The molecular weight excluding hydrogens is 158 g/mol. The summed E-state index contributed by atoms with van der Waals surface area (Å²) in [4.78, 5) is 0. The second-order valence-electron chi connectivity index (χ2n) is 5.15. The van der Waals surface area contributed by atoms with E-state index in [1.165, 1.54) is 38.5 Å². The summed E-state index contributed by atoms with van der Waals surface area (Å²) >= 11 is 0. The van der Waals surface area contributed by atoms with Gasteiger partial charge < -0.3 is 5.32 Å². The maximum Gasteiger partial charge on any atom is 0.00978 e. The maximum atomic E-state index is 3.85. The van der Waals surface area contributed by atoms with Gasteiger partial charge in [-0.05, 0) is 37.5 Å². The van der Waals surface area contributed by atoms with E-state index in [0.29, 0.717) is 0 Å². The Labute approximate surface area is 82.3 Å². The first kappa shape index (κ1) is 9.51. The molecule has 2 atom stereocenters. The molecule has 1 N–H and O–H groups in total. The largest absolute Gasteiger partial charge is 0.311 e. The third kappa shape index (κ3) is 2.07. The van der Waals surface area contributed by atoms with Crippen molar-refractivity contribution in [1.82, 2.24) is 5.32 Å². The Morgan fingerprint density at radius 3 is 2.62 bits per heavy atom. The fraction of sp³-hybridized carbons (Fsp3) is 1.00. The highest BCUT2D eigenvalue weighted by Gasteiger charge is 2.31. The van der Waals surface area contributed by atoms with Gasteiger partial charge in [-0.15, -0.1) is 0 Å². The fourth-order valence-electron chi connectivity index (χ4n) is 3.09. The molecule has 13 heavy (non-hydrogen) atoms. The van der Waals surface area contributed by atoms with Crippen molar-refractivity contribution < 1.29 is 0 Å². The van der Waals surface area contributed by atoms with Crippen molar-refractivity contribution in [2.45, 2.75) is 64.5 Å². The quantitative estimate of drug-likeness (QED) is 0.706. The summed E-state index contributed by atoms with van der Waals surface area (Å²) in [6, 6.07) is 1.73. The van der Waals surface area contributed by atoms with Crippen LogP contribution in [0.2, 0.25) is 0 Å². The molecule has 0 aromatic rings. The zero-order chi connectivity index (χ0) is 9.26. The van der Waals surface area contributed by atoms with E-state index in [4.69, 9.17) is 0 Å². The minimum absolute atomic E-state index is 0.863. The minimum Gasteiger partial charge on any atom is -0.311 e. The first-order valence-corrected chi connectivity index (χ1v) is 6.05. The molecule has 1 nitrogen and oxygen atoms in total. The zero-order valence-electron chi connectivity index (χ0n) is 9.05. The Kier molecular flexibility index (Phi) is 2.92. The second-order valence-corrected chi connectivity index (χ2v) is 5.15. The van der Waals surface area contributed by atoms with E-state index in [2.05, 4.69) is 19.2 Å². The van der Waals surface area contributed by atoms with Gasteiger partial charge in [0.2, 0.25) is 0 Å². The Morgan fingerprint density at radius 1 is 1.23 bits per heavy atom. The van der Waals surface area contributed by atoms with Gasteiger partial charge in [-0.1, -0.05) is 26.7 Å². The molecule has 1 heteroatoms. The highest BCUT2D eigenvalue weighted by molar-refractivity contribution is 4.90. The van der Waals surface area contributed by atoms with Crippen LogP contribution >= 0.6 is 0 Å². The normalized spacial score (nSPS) is 44.8. The van der Waals surface area contributed by atoms with Gasteiger partial charge in [-0.25, -0.2) is 0 Å². The number of hydrogen-bond donors (Lipinski definition) is 1. The van der Waals surface area contributed by atoms with Crippen LogP contribution in [-0.2, 0) is 0 Å². The van der Waals surface area contributed by atoms with Crippen LogP contribution in [0.3, 0.4) is 0 Å². The van der Waals surface area contributed by atoms with Crippen LogP contribution in [-0.4, -0.2) is 12.1 Å². The summed E-state index contributed by atoms with van der Waals surface area (Å²) in [6.45, 7) is 4.71. The monoisotopic (exact) mass is 181 g/mol. The van der Waals surface area contributed by atoms with Crippen molar-refractivity contribution in [3.63, 3.8) is 0 Å². The van der Waals surface area contributed by atoms with Crippen molar-refractivity contribution in [1.29, 1.82) is 0 Å². The van der Waals surface area contributed by atoms with E-state index in [1.807, 2.05) is 0 Å². The Morgan fingerprint density at radius 2 is 2.00 bits per heavy atom. The number of rotatable bonds is 3. The van der Waals surface area contributed by atoms with Gasteiger partial charge in [0, 0.05) is 12.1 Å². The average molecular weight is 181 g/mol. The lowest BCUT2D eigenvalue weighted by molar-refractivity contribution is 0.206. The van der Waals surface area contributed by atoms with Crippen molar-refractivity contribution in [3.8, 4) is 0 Å². The van der Waals surface area contributed by atoms with Crippen LogP contribution in [0, 0.1) is 11.8 Å². The molecular formula is C12H23N. The SMILES string of the molecule is CCC1CCCC1NC1CC(C)C1. The standard InChI is InChI=1S/C12H23N/c1-3-10-5-4-6-12(10)13-11-7-9(2)8-11/h9-13H,3-8H2,1-2H3. The summed E-state index contributed by atoms with van der Waals surface area (Å²) in [7, 11) is 0. The fourth-order valence-corrected chi connectivity index (χ4v) is 3.09. The molecule has 2 aliphatic rings. The first-order chi connectivity index (χ1) is 6.29. The van der Waals surface area contributed by atoms with E-state index in [0.717, 1.165) is 23.9 Å². The number of nitrogens with one attached hydrogen (secondary N) is 1. The Hall–Kier alpha value is -0.0400. The van der Waals surface area contributed by atoms with Crippen LogP contribution < -0.4 is 5.32 Å². The van der Waals surface area contributed by atoms with Gasteiger partial charge in [-0.3, -0.25) is 0 Å². The van der Waals surface area contributed by atoms with Crippen LogP contribution in [0.5, 0.6) is 0 Å². The predicted molar refractivity (Wildman–Crippen MR) is 56.7 cm³/mol. The first-order valence-electron chi connectivity index (χ1n) is 6.05. The lowest BCUT2D eigenvalue weighted by atomic mass is 9.81. The average Bonchev–Trinajstić information content (AvgIpc) is 2.49. The molecule has 0 heterocycles. The van der Waals surface area contributed by atoms with Crippen molar-refractivity contribution in [2.75, 3.05) is 0 Å². The molecule has 2 rings (SSSR count). The molecule has 0 aromatic heterocycles. The van der Waals surface area contributed by atoms with Crippen molar-refractivity contribution in [2.24, 2.45) is 11.8 Å². The van der Waals surface area contributed by atoms with E-state index >= 15 is 0 Å². The van der Waals surface area contributed by atoms with Crippen molar-refractivity contribution >= 4 is 0 Å². The van der Waals surface area contributed by atoms with E-state index in [-0.39, 0.29) is 0 Å². The molecule has 2 unspecified atom stereocenters. The van der Waals surface area contributed by atoms with E-state index in [9.17, 15) is 0 Å². The summed E-state index contributed by atoms with van der Waals surface area (Å²) in [5, 5.41) is 3.85. The van der Waals surface area contributed by atoms with Gasteiger partial charge in [0.1, 0.15) is 0 Å². The topological polar surface area (TPSA) is 12.0 Å². The lowest BCUT2D eigenvalue weighted by Crippen LogP contribution is -2.46. The summed E-state index contributed by atoms with van der Waals surface area (Å²) < 4.78 is 0. The van der Waals surface area contributed by atoms with Crippen molar-refractivity contribution in [3.05, 3.63) is 0 Å². The summed E-state index contributed by atoms with van der Waals surface area (Å²) in [5.74, 6) is 1.97. The third-order valence-corrected chi connectivity index (χ3v) is 4.01. The Balaban J connectivity index is 1.74. The highest BCUT2D eigenvalue weighted by atomic mass is 15.0. The van der Waals surface area contributed by atoms with Gasteiger partial charge in [0.25, 0.3) is 0 Å². The van der Waals surface area contributed by atoms with Gasteiger partial charge >= 0.3 is 0 Å². The summed E-state index contributed by atoms with van der Waals surface area (Å²) in [6.07, 6.45) is 8.58. The van der Waals surface area contributed by atoms with Crippen LogP contribution in [0.25, 0.3) is 0 Å². The number of hydrogen-bond acceptors (Lipinski definition) is 1. The third-order valence-electron chi connectivity index (χ3n) is 4.01. The van der Waals surface area contributed by atoms with Gasteiger partial charge in [-0.2, -0.15) is 0 Å². The van der Waals surface area contributed by atoms with E-state index < -0.39 is 0 Å². The molecule has 76 valence electrons. The molecule has 2 fully saturated rings. The molecule has 0 bridgehead atoms. The second kappa shape index (κ2) is 4.00. The van der Waals surface area contributed by atoms with Crippen LogP contribution in [0.1, 0.15) is 52.4 Å². The molecule has 0 amide bonds. The Bertz CT molecular complexity index is 161. The highest BCUT2D eigenvalue weighted by Crippen LogP contribution is 2.32. The van der Waals surface area contributed by atoms with Crippen LogP contribution in [0.15, 0.2) is 0 Å². The molecule has 0 saturated heterocycles. The minimum atomic E-state index is 0.863. The lowest BCUT2D eigenvalue weighted by Gasteiger charge is -2.37. The van der Waals surface area contributed by atoms with Gasteiger partial charge in [0.15, 0.2) is 0 Å². The predicted octanol–water partition coefficient (Wildman–Crippen LogP) is 2.95. The summed E-state index contributed by atoms with van der Waals surface area (Å²) in [5.41, 5.74) is 0.